The summed E-state index contributed by atoms with van der Waals surface area (Å²) in [5.74, 6) is 3.50. The molecule has 0 heterocycles. The van der Waals surface area contributed by atoms with Gasteiger partial charge in [-0.3, -0.25) is 0 Å². The van der Waals surface area contributed by atoms with Gasteiger partial charge in [-0.05, 0) is 0 Å². The molecule has 0 aromatic carbocycles. The van der Waals surface area contributed by atoms with E-state index in [1.54, 1.807) is 0 Å². The molecule has 0 saturated carbocycles. The largest absolute Gasteiger partial charge is 0.344 e. The van der Waals surface area contributed by atoms with Gasteiger partial charge >= 0.3 is 0 Å². The van der Waals surface area contributed by atoms with Gasteiger partial charge in [0.1, 0.15) is 0 Å². The van der Waals surface area contributed by atoms with E-state index in [0.717, 1.165) is 0 Å². The maximum absolute atomic E-state index is 6.50. The minimum atomic E-state index is 0. The molecule has 0 radical (unpaired) electrons. The zero-order valence-corrected chi connectivity index (χ0v) is 2.44. The Labute approximate surface area is 24.7 Å². The van der Waals surface area contributed by atoms with E-state index in [9.17, 15) is 0 Å². The van der Waals surface area contributed by atoms with E-state index in [1.165, 1.54) is 0 Å². The molecule has 0 atom stereocenters. The highest BCUT2D eigenvalue weighted by atomic mass is 16.4. The van der Waals surface area contributed by atoms with E-state index in [2.05, 4.69) is 5.90 Å². The summed E-state index contributed by atoms with van der Waals surface area (Å²) in [6.07, 6.45) is 0. The smallest absolute Gasteiger partial charge is 0.219 e. The molecule has 4 heteroatoms. The molecule has 0 aromatic heterocycles. The fraction of sp³-hybridized carbons (Fsp3) is 0. The van der Waals surface area contributed by atoms with Gasteiger partial charge in [0.05, 0.1) is 0 Å². The van der Waals surface area contributed by atoms with Crippen LogP contribution in [-0.4, -0.2) is 5.21 Å². The molecular formula is H9N3O. The van der Waals surface area contributed by atoms with Crippen LogP contribution in [0, 0.1) is 0 Å². The normalized spacial score (nSPS) is 1.50. The van der Waals surface area contributed by atoms with Crippen molar-refractivity contribution in [1.29, 1.82) is 0 Å². The maximum atomic E-state index is 6.50. The third-order valence-electron chi connectivity index (χ3n) is 0. The third kappa shape index (κ3) is 50.7. The van der Waals surface area contributed by atoms with E-state index >= 15 is 0 Å². The van der Waals surface area contributed by atoms with Crippen molar-refractivity contribution < 1.29 is 5.21 Å². The topological polar surface area (TPSA) is 116 Å². The van der Waals surface area contributed by atoms with Crippen molar-refractivity contribution in [2.24, 2.45) is 5.90 Å². The van der Waals surface area contributed by atoms with E-state index < -0.39 is 0 Å². The van der Waals surface area contributed by atoms with Crippen molar-refractivity contribution >= 4 is 0 Å². The Bertz CT molecular complexity index is 3.25. The monoisotopic (exact) mass is 67.1 g/mol. The molecule has 0 bridgehead atoms. The number of hydrogen-bond donors (Lipinski definition) is 4. The Morgan fingerprint density at radius 3 is 1.00 bits per heavy atom. The minimum absolute atomic E-state index is 0. The molecule has 0 amide bonds. The first-order valence-corrected chi connectivity index (χ1v) is 0.258. The number of rotatable bonds is 0. The fourth-order valence-corrected chi connectivity index (χ4v) is 0. The molecule has 4 nitrogen and oxygen atoms in total. The lowest BCUT2D eigenvalue weighted by atomic mass is 13.6. The van der Waals surface area contributed by atoms with Crippen molar-refractivity contribution in [3.05, 3.63) is 0 Å². The van der Waals surface area contributed by atoms with E-state index in [-0.39, 0.29) is 12.3 Å². The van der Waals surface area contributed by atoms with Gasteiger partial charge in [0.2, 0.25) is 0 Å². The lowest BCUT2D eigenvalue weighted by Crippen LogP contribution is -1.72. The van der Waals surface area contributed by atoms with Crippen LogP contribution in [0.5, 0.6) is 0 Å². The average molecular weight is 67.1 g/mol. The van der Waals surface area contributed by atoms with Crippen molar-refractivity contribution in [2.75, 3.05) is 0 Å². The van der Waals surface area contributed by atoms with Crippen LogP contribution in [0.1, 0.15) is 0 Å². The Kier molecular flexibility index (Phi) is 4120. The second-order valence-corrected chi connectivity index (χ2v) is 0. The van der Waals surface area contributed by atoms with Gasteiger partial charge in [0.25, 0.3) is 0 Å². The summed E-state index contributed by atoms with van der Waals surface area (Å²) in [5.41, 5.74) is 0. The summed E-state index contributed by atoms with van der Waals surface area (Å²) in [6, 6.07) is 0. The zero-order chi connectivity index (χ0) is 2.00. The summed E-state index contributed by atoms with van der Waals surface area (Å²) in [7, 11) is 0. The maximum Gasteiger partial charge on any atom is -0.219 e. The number of hydrogen-bond acceptors (Lipinski definition) is 4. The van der Waals surface area contributed by atoms with Crippen LogP contribution < -0.4 is 18.2 Å². The molecule has 0 aromatic rings. The molecule has 0 aliphatic rings. The van der Waals surface area contributed by atoms with E-state index in [4.69, 9.17) is 5.21 Å². The van der Waals surface area contributed by atoms with Gasteiger partial charge in [0.15, 0.2) is 0 Å². The highest BCUT2D eigenvalue weighted by Crippen LogP contribution is 0.410. The summed E-state index contributed by atoms with van der Waals surface area (Å²) in [4.78, 5) is 0. The molecule has 0 spiro atoms. The highest BCUT2D eigenvalue weighted by Gasteiger charge is 0.732. The first-order chi connectivity index (χ1) is 1.00. The molecule has 4 heavy (non-hydrogen) atoms. The quantitative estimate of drug-likeness (QED) is 0.290. The Morgan fingerprint density at radius 1 is 1.00 bits per heavy atom. The molecule has 0 aliphatic heterocycles. The van der Waals surface area contributed by atoms with E-state index in [0.29, 0.717) is 0 Å². The van der Waals surface area contributed by atoms with Crippen LogP contribution in [0.15, 0.2) is 0 Å². The Balaban J connectivity index is -0.00000000500. The fourth-order valence-electron chi connectivity index (χ4n) is 0. The standard InChI is InChI=1S/H3NO.2H3N/c1-2;;/h2H,1H2;2*1H3. The highest BCUT2D eigenvalue weighted by molar-refractivity contribution is 2.77. The predicted molar refractivity (Wildman–Crippen MR) is 16.0 cm³/mol. The second-order valence-electron chi connectivity index (χ2n) is 0. The molecule has 0 saturated heterocycles. The van der Waals surface area contributed by atoms with Crippen molar-refractivity contribution in [3.63, 3.8) is 0 Å². The van der Waals surface area contributed by atoms with E-state index in [1.807, 2.05) is 0 Å². The summed E-state index contributed by atoms with van der Waals surface area (Å²) < 4.78 is 0. The van der Waals surface area contributed by atoms with Gasteiger partial charge in [-0.1, -0.05) is 0 Å². The molecule has 30 valence electrons. The third-order valence-corrected chi connectivity index (χ3v) is 0. The van der Waals surface area contributed by atoms with Gasteiger partial charge in [-0.15, -0.1) is 0 Å². The lowest BCUT2D eigenvalue weighted by Gasteiger charge is -1.27. The molecule has 0 rings (SSSR count). The van der Waals surface area contributed by atoms with Gasteiger partial charge in [-0.2, -0.15) is 0 Å². The Hall–Kier alpha value is -0.160. The average Bonchev–Trinajstić information content (AvgIpc) is 1.00. The van der Waals surface area contributed by atoms with Gasteiger partial charge in [0, 0.05) is 0 Å². The summed E-state index contributed by atoms with van der Waals surface area (Å²) in [5, 5.41) is 6.50. The van der Waals surface area contributed by atoms with Crippen LogP contribution >= 0.6 is 0 Å². The molecule has 0 fully saturated rings. The van der Waals surface area contributed by atoms with Crippen LogP contribution in [0.3, 0.4) is 0 Å². The summed E-state index contributed by atoms with van der Waals surface area (Å²) in [6.45, 7) is 0. The number of nitrogens with two attached hydrogens (primary N) is 1. The predicted octanol–water partition coefficient (Wildman–Crippen LogP) is -0.342. The molecule has 9 N–H and O–H groups in total. The SMILES string of the molecule is N.N.NO. The molecule has 0 aliphatic carbocycles. The van der Waals surface area contributed by atoms with Crippen LogP contribution in [0.25, 0.3) is 0 Å². The summed E-state index contributed by atoms with van der Waals surface area (Å²) >= 11 is 0. The first-order valence-electron chi connectivity index (χ1n) is 0.258. The van der Waals surface area contributed by atoms with Crippen molar-refractivity contribution in [2.45, 2.75) is 0 Å². The molecular weight excluding hydrogens is 58.0 g/mol. The van der Waals surface area contributed by atoms with Crippen molar-refractivity contribution in [3.8, 4) is 0 Å². The molecule has 0 unspecified atom stereocenters. The van der Waals surface area contributed by atoms with Crippen LogP contribution in [0.4, 0.5) is 0 Å². The first kappa shape index (κ1) is 43.9. The zero-order valence-electron chi connectivity index (χ0n) is 2.44. The Morgan fingerprint density at radius 2 is 1.00 bits per heavy atom. The second kappa shape index (κ2) is 376. The van der Waals surface area contributed by atoms with Gasteiger partial charge in [-0.25, -0.2) is 5.90 Å². The van der Waals surface area contributed by atoms with Gasteiger partial charge < -0.3 is 17.5 Å². The van der Waals surface area contributed by atoms with Crippen LogP contribution in [-0.2, 0) is 0 Å². The lowest BCUT2D eigenvalue weighted by molar-refractivity contribution is 0.311. The van der Waals surface area contributed by atoms with Crippen molar-refractivity contribution in [1.82, 2.24) is 12.3 Å². The minimum Gasteiger partial charge on any atom is -0.344 e. The van der Waals surface area contributed by atoms with Crippen LogP contribution in [0.2, 0.25) is 0 Å².